The molecule has 2 aromatic heterocycles. The van der Waals surface area contributed by atoms with Gasteiger partial charge in [0.25, 0.3) is 21.5 Å². The van der Waals surface area contributed by atoms with Gasteiger partial charge in [-0.3, -0.25) is 13.7 Å². The molecule has 8 bridgehead atoms. The molecule has 10 atom stereocenters. The molecule has 3 N–H and O–H groups in total. The molecule has 0 aromatic carbocycles. The van der Waals surface area contributed by atoms with Crippen molar-refractivity contribution < 1.29 is 65.4 Å². The zero-order valence-electron chi connectivity index (χ0n) is 28.2. The Morgan fingerprint density at radius 3 is 2.12 bits per heavy atom. The van der Waals surface area contributed by atoms with Gasteiger partial charge >= 0.3 is 0 Å². The number of phosphoric ester groups is 2. The lowest BCUT2D eigenvalue weighted by Crippen LogP contribution is -3.11. The van der Waals surface area contributed by atoms with Crippen molar-refractivity contribution in [1.29, 1.82) is 0 Å². The molecule has 0 amide bonds. The number of phosphoric acid groups is 2. The van der Waals surface area contributed by atoms with E-state index in [9.17, 15) is 18.9 Å². The second-order valence-corrected chi connectivity index (χ2v) is 16.5. The molecule has 8 rings (SSSR count). The highest BCUT2D eigenvalue weighted by Gasteiger charge is 2.58. The Morgan fingerprint density at radius 1 is 0.917 bits per heavy atom. The Balaban J connectivity index is 0.000000519. The summed E-state index contributed by atoms with van der Waals surface area (Å²) < 4.78 is 73.2. The molecule has 1 aliphatic carbocycles. The maximum absolute atomic E-state index is 12.6. The number of rotatable bonds is 3. The summed E-state index contributed by atoms with van der Waals surface area (Å²) in [5, 5.41) is 0. The van der Waals surface area contributed by atoms with Gasteiger partial charge in [0, 0.05) is 5.92 Å². The number of hydrogen-bond donors (Lipinski definition) is 2. The molecule has 48 heavy (non-hydrogen) atoms. The first-order chi connectivity index (χ1) is 22.5. The summed E-state index contributed by atoms with van der Waals surface area (Å²) in [4.78, 5) is 36.0. The van der Waals surface area contributed by atoms with Crippen LogP contribution in [-0.2, 0) is 46.2 Å². The fourth-order valence-electron chi connectivity index (χ4n) is 7.20. The second-order valence-electron chi connectivity index (χ2n) is 13.5. The molecule has 6 aliphatic rings. The first kappa shape index (κ1) is 36.2. The number of nitrogens with two attached hydrogens (primary N) is 1. The van der Waals surface area contributed by atoms with Crippen LogP contribution in [0.1, 0.15) is 67.2 Å². The summed E-state index contributed by atoms with van der Waals surface area (Å²) in [5.74, 6) is -2.22. The monoisotopic (exact) mass is 720 g/mol. The molecular formula is C28H46N6O12P2. The lowest BCUT2D eigenvalue weighted by molar-refractivity contribution is -0.894. The van der Waals surface area contributed by atoms with Gasteiger partial charge in [0.15, 0.2) is 23.3 Å². The van der Waals surface area contributed by atoms with Gasteiger partial charge in [-0.1, -0.05) is 4.98 Å². The highest BCUT2D eigenvalue weighted by atomic mass is 31.3. The summed E-state index contributed by atoms with van der Waals surface area (Å²) in [5.41, 5.74) is 7.43. The minimum atomic E-state index is -5.40. The van der Waals surface area contributed by atoms with E-state index in [-0.39, 0.29) is 0 Å². The molecule has 18 nitrogen and oxygen atoms in total. The first-order valence-corrected chi connectivity index (χ1v) is 19.2. The topological polar surface area (TPSA) is 219 Å². The Hall–Kier alpha value is -1.63. The number of imidazole rings is 1. The zero-order chi connectivity index (χ0) is 34.8. The number of anilines is 1. The van der Waals surface area contributed by atoms with Crippen LogP contribution in [-0.4, -0.2) is 89.5 Å². The van der Waals surface area contributed by atoms with Gasteiger partial charge in [0.05, 0.1) is 39.0 Å². The van der Waals surface area contributed by atoms with Gasteiger partial charge < -0.3 is 53.2 Å². The number of quaternary nitrogens is 1. The van der Waals surface area contributed by atoms with E-state index in [0.717, 1.165) is 0 Å². The fourth-order valence-corrected chi connectivity index (χ4v) is 9.26. The van der Waals surface area contributed by atoms with Gasteiger partial charge in [-0.2, -0.15) is 0 Å². The number of nitrogens with one attached hydrogen (secondary N) is 1. The lowest BCUT2D eigenvalue weighted by Gasteiger charge is -2.32. The van der Waals surface area contributed by atoms with Crippen LogP contribution in [0.4, 0.5) is 5.82 Å². The molecule has 0 spiro atoms. The SMILES string of the molecule is CC1(C)O[C@@H]2[C@H]3COP(=O)([O-])OP(=O)([O-])OC[C@H]4O[C@H]([C@@H]5OC(C)(C)O[C@@H]54)n4cnc5c(N)[n+](cnc54)[C@H](C3)[C@@H]2O1.CC[NH+](CC)CC. The molecule has 270 valence electrons. The van der Waals surface area contributed by atoms with E-state index < -0.39 is 89.1 Å². The summed E-state index contributed by atoms with van der Waals surface area (Å²) >= 11 is 0. The van der Waals surface area contributed by atoms with Crippen LogP contribution < -0.4 is 25.0 Å². The summed E-state index contributed by atoms with van der Waals surface area (Å²) in [6.45, 7) is 16.3. The third-order valence-corrected chi connectivity index (χ3v) is 12.0. The number of nitrogens with zero attached hydrogens (tertiary/aromatic N) is 4. The third-order valence-electron chi connectivity index (χ3n) is 9.44. The van der Waals surface area contributed by atoms with Crippen LogP contribution in [0.5, 0.6) is 0 Å². The van der Waals surface area contributed by atoms with Crippen LogP contribution in [0.2, 0.25) is 0 Å². The van der Waals surface area contributed by atoms with Crippen molar-refractivity contribution in [3.8, 4) is 0 Å². The van der Waals surface area contributed by atoms with Crippen molar-refractivity contribution in [2.75, 3.05) is 38.6 Å². The first-order valence-electron chi connectivity index (χ1n) is 16.3. The van der Waals surface area contributed by atoms with Gasteiger partial charge in [0.2, 0.25) is 12.0 Å². The highest BCUT2D eigenvalue weighted by Crippen LogP contribution is 2.57. The minimum Gasteiger partial charge on any atom is -0.756 e. The Kier molecular flexibility index (Phi) is 9.92. The van der Waals surface area contributed by atoms with E-state index in [1.165, 1.54) is 26.0 Å². The molecule has 2 aromatic rings. The van der Waals surface area contributed by atoms with E-state index in [2.05, 4.69) is 35.0 Å². The van der Waals surface area contributed by atoms with Gasteiger partial charge in [-0.15, -0.1) is 0 Å². The van der Waals surface area contributed by atoms with Gasteiger partial charge in [-0.25, -0.2) is 13.9 Å². The summed E-state index contributed by atoms with van der Waals surface area (Å²) in [7, 11) is -10.8. The molecule has 1 saturated carbocycles. The third kappa shape index (κ3) is 7.11. The normalized spacial score (nSPS) is 40.0. The number of ether oxygens (including phenoxy) is 5. The van der Waals surface area contributed by atoms with E-state index in [4.69, 9.17) is 38.5 Å². The Bertz CT molecular complexity index is 1580. The average Bonchev–Trinajstić information content (AvgIpc) is 3.77. The van der Waals surface area contributed by atoms with E-state index in [0.29, 0.717) is 23.4 Å². The Labute approximate surface area is 278 Å². The molecule has 5 aliphatic heterocycles. The quantitative estimate of drug-likeness (QED) is 0.308. The van der Waals surface area contributed by atoms with Crippen molar-refractivity contribution >= 4 is 32.6 Å². The number of aromatic nitrogens is 4. The Morgan fingerprint density at radius 2 is 1.50 bits per heavy atom. The van der Waals surface area contributed by atoms with Crippen LogP contribution in [0, 0.1) is 5.92 Å². The highest BCUT2D eigenvalue weighted by molar-refractivity contribution is 7.59. The smallest absolute Gasteiger partial charge is 0.274 e. The summed E-state index contributed by atoms with van der Waals surface area (Å²) in [6.07, 6.45) is -1.06. The molecule has 3 saturated heterocycles. The molecule has 4 fully saturated rings. The lowest BCUT2D eigenvalue weighted by atomic mass is 10.1. The van der Waals surface area contributed by atoms with Crippen LogP contribution >= 0.6 is 15.6 Å². The fraction of sp³-hybridized carbons (Fsp3) is 0.821. The van der Waals surface area contributed by atoms with Crippen molar-refractivity contribution in [3.63, 3.8) is 0 Å². The molecule has 0 radical (unpaired) electrons. The number of hydrogen-bond acceptors (Lipinski definition) is 15. The van der Waals surface area contributed by atoms with Crippen LogP contribution in [0.15, 0.2) is 12.7 Å². The average molecular weight is 721 g/mol. The van der Waals surface area contributed by atoms with Gasteiger partial charge in [0.1, 0.15) is 36.8 Å². The number of nitrogen functional groups attached to an aromatic ring is 1. The maximum atomic E-state index is 12.6. The largest absolute Gasteiger partial charge is 0.756 e. The zero-order valence-corrected chi connectivity index (χ0v) is 30.0. The predicted molar refractivity (Wildman–Crippen MR) is 162 cm³/mol. The number of fused-ring (bicyclic) bond motifs is 9. The van der Waals surface area contributed by atoms with Crippen molar-refractivity contribution in [2.45, 2.75) is 109 Å². The molecule has 20 heteroatoms. The minimum absolute atomic E-state index is 0.303. The van der Waals surface area contributed by atoms with Crippen LogP contribution in [0.3, 0.4) is 0 Å². The predicted octanol–water partition coefficient (Wildman–Crippen LogP) is -0.269. The van der Waals surface area contributed by atoms with Crippen molar-refractivity contribution in [2.24, 2.45) is 5.92 Å². The van der Waals surface area contributed by atoms with Crippen LogP contribution in [0.25, 0.3) is 11.2 Å². The maximum Gasteiger partial charge on any atom is 0.274 e. The van der Waals surface area contributed by atoms with E-state index in [1.807, 2.05) is 0 Å². The van der Waals surface area contributed by atoms with Gasteiger partial charge in [-0.05, 0) is 54.9 Å². The molecule has 2 unspecified atom stereocenters. The second kappa shape index (κ2) is 13.2. The van der Waals surface area contributed by atoms with E-state index in [1.54, 1.807) is 48.1 Å². The molecular weight excluding hydrogens is 674 g/mol. The molecule has 7 heterocycles. The summed E-state index contributed by atoms with van der Waals surface area (Å²) in [6, 6.07) is -0.430. The standard InChI is InChI=1S/C22H31N5O12P2.C6H15N/c1-21(2)35-14-10-5-11(15(14)36-21)26-9-25-19-13(18(26)23)24-8-27(19)20-17-16(37-22(3,4)38-17)12(34-20)7-33-41(30,31)39-40(28,29)32-6-10;1-4-7(5-2)6-3/h8-12,14-17,20,23H,5-7H2,1-4H3,(H2,28,29,30,31);4-6H2,1-3H3/t10-,11-,12-,14-,15+,16-,17-,20-;/m1./s1. The van der Waals surface area contributed by atoms with Crippen molar-refractivity contribution in [3.05, 3.63) is 12.7 Å². The van der Waals surface area contributed by atoms with Crippen molar-refractivity contribution in [1.82, 2.24) is 14.5 Å². The van der Waals surface area contributed by atoms with E-state index >= 15 is 0 Å².